The van der Waals surface area contributed by atoms with Gasteiger partial charge in [0, 0.05) is 6.07 Å². The van der Waals surface area contributed by atoms with Crippen molar-refractivity contribution in [1.82, 2.24) is 10.5 Å². The van der Waals surface area contributed by atoms with Gasteiger partial charge in [-0.1, -0.05) is 5.16 Å². The number of hydrogen-bond acceptors (Lipinski definition) is 6. The third-order valence-electron chi connectivity index (χ3n) is 2.35. The lowest BCUT2D eigenvalue weighted by Crippen LogP contribution is -2.44. The second kappa shape index (κ2) is 5.52. The van der Waals surface area contributed by atoms with E-state index >= 15 is 0 Å². The number of nitrogens with zero attached hydrogens (tertiary/aromatic N) is 1. The minimum absolute atomic E-state index is 0.0263. The molecule has 7 nitrogen and oxygen atoms in total. The van der Waals surface area contributed by atoms with Gasteiger partial charge in [-0.05, 0) is 34.6 Å². The van der Waals surface area contributed by atoms with Gasteiger partial charge < -0.3 is 19.3 Å². The fourth-order valence-corrected chi connectivity index (χ4v) is 1.39. The molecule has 7 heteroatoms. The van der Waals surface area contributed by atoms with Crippen LogP contribution in [0.15, 0.2) is 10.6 Å². The summed E-state index contributed by atoms with van der Waals surface area (Å²) in [5.41, 5.74) is -1.05. The van der Waals surface area contributed by atoms with Crippen LogP contribution in [-0.2, 0) is 15.0 Å². The highest BCUT2D eigenvalue weighted by Gasteiger charge is 2.30. The number of esters is 1. The molecule has 1 aromatic rings. The van der Waals surface area contributed by atoms with Crippen LogP contribution in [-0.4, -0.2) is 29.9 Å². The maximum atomic E-state index is 11.8. The topological polar surface area (TPSA) is 90.7 Å². The Morgan fingerprint density at radius 3 is 2.35 bits per heavy atom. The summed E-state index contributed by atoms with van der Waals surface area (Å²) < 4.78 is 14.6. The van der Waals surface area contributed by atoms with Crippen LogP contribution in [0.4, 0.5) is 4.79 Å². The zero-order valence-electron chi connectivity index (χ0n) is 12.6. The zero-order valence-corrected chi connectivity index (χ0v) is 12.6. The molecule has 1 amide bonds. The quantitative estimate of drug-likeness (QED) is 0.856. The molecule has 0 unspecified atom stereocenters. The fourth-order valence-electron chi connectivity index (χ4n) is 1.39. The molecule has 0 aliphatic carbocycles. The summed E-state index contributed by atoms with van der Waals surface area (Å²) in [5.74, 6) is -0.654. The first-order chi connectivity index (χ1) is 9.05. The number of alkyl carbamates (subject to hydrolysis) is 1. The number of rotatable bonds is 3. The van der Waals surface area contributed by atoms with E-state index in [2.05, 4.69) is 15.2 Å². The highest BCUT2D eigenvalue weighted by atomic mass is 16.6. The zero-order chi connectivity index (χ0) is 15.6. The van der Waals surface area contributed by atoms with Gasteiger partial charge in [0.1, 0.15) is 11.3 Å². The summed E-state index contributed by atoms with van der Waals surface area (Å²) >= 11 is 0. The SMILES string of the molecule is COC(=O)c1cc(C(C)(C)NC(=O)OC(C)(C)C)no1. The molecule has 1 heterocycles. The van der Waals surface area contributed by atoms with Crippen LogP contribution in [0.25, 0.3) is 0 Å². The van der Waals surface area contributed by atoms with Gasteiger partial charge in [0.15, 0.2) is 0 Å². The Labute approximate surface area is 117 Å². The Morgan fingerprint density at radius 1 is 1.25 bits per heavy atom. The number of aromatic nitrogens is 1. The van der Waals surface area contributed by atoms with Crippen LogP contribution in [0, 0.1) is 0 Å². The standard InChI is InChI=1S/C13H20N2O5/c1-12(2,3)19-11(17)14-13(4,5)9-7-8(20-15-9)10(16)18-6/h7H,1-6H3,(H,14,17). The average Bonchev–Trinajstić information content (AvgIpc) is 2.74. The summed E-state index contributed by atoms with van der Waals surface area (Å²) in [6, 6.07) is 1.42. The van der Waals surface area contributed by atoms with E-state index in [1.165, 1.54) is 13.2 Å². The second-order valence-corrected chi connectivity index (χ2v) is 5.82. The Balaban J connectivity index is 2.80. The molecule has 1 N–H and O–H groups in total. The van der Waals surface area contributed by atoms with E-state index in [0.29, 0.717) is 5.69 Å². The Kier molecular flexibility index (Phi) is 4.42. The summed E-state index contributed by atoms with van der Waals surface area (Å²) in [6.07, 6.45) is -0.579. The van der Waals surface area contributed by atoms with Crippen LogP contribution in [0.2, 0.25) is 0 Å². The first-order valence-corrected chi connectivity index (χ1v) is 6.12. The molecule has 1 rings (SSSR count). The molecule has 0 atom stereocenters. The minimum Gasteiger partial charge on any atom is -0.463 e. The van der Waals surface area contributed by atoms with Crippen molar-refractivity contribution in [3.8, 4) is 0 Å². The molecule has 0 saturated heterocycles. The number of carbonyl (C=O) groups is 2. The maximum absolute atomic E-state index is 11.8. The normalized spacial score (nSPS) is 11.9. The molecule has 0 fully saturated rings. The van der Waals surface area contributed by atoms with E-state index in [1.54, 1.807) is 34.6 Å². The van der Waals surface area contributed by atoms with E-state index in [-0.39, 0.29) is 5.76 Å². The van der Waals surface area contributed by atoms with Crippen LogP contribution in [0.3, 0.4) is 0 Å². The third-order valence-corrected chi connectivity index (χ3v) is 2.35. The molecule has 0 aromatic carbocycles. The molecular weight excluding hydrogens is 264 g/mol. The Bertz CT molecular complexity index is 499. The van der Waals surface area contributed by atoms with Crippen molar-refractivity contribution in [3.63, 3.8) is 0 Å². The predicted molar refractivity (Wildman–Crippen MR) is 70.2 cm³/mol. The Morgan fingerprint density at radius 2 is 1.85 bits per heavy atom. The van der Waals surface area contributed by atoms with Crippen molar-refractivity contribution in [2.45, 2.75) is 45.8 Å². The highest BCUT2D eigenvalue weighted by molar-refractivity contribution is 5.86. The van der Waals surface area contributed by atoms with Crippen LogP contribution in [0.5, 0.6) is 0 Å². The van der Waals surface area contributed by atoms with Gasteiger partial charge in [-0.2, -0.15) is 0 Å². The number of carbonyl (C=O) groups excluding carboxylic acids is 2. The van der Waals surface area contributed by atoms with Crippen molar-refractivity contribution in [2.24, 2.45) is 0 Å². The monoisotopic (exact) mass is 284 g/mol. The lowest BCUT2D eigenvalue weighted by Gasteiger charge is -2.26. The Hall–Kier alpha value is -2.05. The van der Waals surface area contributed by atoms with Gasteiger partial charge in [0.05, 0.1) is 12.6 Å². The smallest absolute Gasteiger partial charge is 0.408 e. The number of ether oxygens (including phenoxy) is 2. The molecule has 0 aliphatic rings. The minimum atomic E-state index is -0.849. The van der Waals surface area contributed by atoms with Crippen LogP contribution < -0.4 is 5.32 Å². The summed E-state index contributed by atoms with van der Waals surface area (Å²) in [7, 11) is 1.24. The highest BCUT2D eigenvalue weighted by Crippen LogP contribution is 2.21. The van der Waals surface area contributed by atoms with Gasteiger partial charge in [-0.25, -0.2) is 9.59 Å². The van der Waals surface area contributed by atoms with Crippen molar-refractivity contribution in [1.29, 1.82) is 0 Å². The van der Waals surface area contributed by atoms with Crippen molar-refractivity contribution < 1.29 is 23.6 Å². The van der Waals surface area contributed by atoms with E-state index < -0.39 is 23.2 Å². The number of nitrogens with one attached hydrogen (secondary N) is 1. The number of amides is 1. The molecule has 0 saturated carbocycles. The van der Waals surface area contributed by atoms with Gasteiger partial charge in [-0.3, -0.25) is 0 Å². The third kappa shape index (κ3) is 4.25. The van der Waals surface area contributed by atoms with E-state index in [1.807, 2.05) is 0 Å². The molecule has 112 valence electrons. The largest absolute Gasteiger partial charge is 0.463 e. The first-order valence-electron chi connectivity index (χ1n) is 6.12. The molecule has 0 spiro atoms. The summed E-state index contributed by atoms with van der Waals surface area (Å²) in [6.45, 7) is 8.74. The van der Waals surface area contributed by atoms with Crippen molar-refractivity contribution in [3.05, 3.63) is 17.5 Å². The molecule has 1 aromatic heterocycles. The molecular formula is C13H20N2O5. The fraction of sp³-hybridized carbons (Fsp3) is 0.615. The van der Waals surface area contributed by atoms with E-state index in [0.717, 1.165) is 0 Å². The van der Waals surface area contributed by atoms with Crippen molar-refractivity contribution >= 4 is 12.1 Å². The predicted octanol–water partition coefficient (Wildman–Crippen LogP) is 2.22. The van der Waals surface area contributed by atoms with E-state index in [4.69, 9.17) is 9.26 Å². The average molecular weight is 284 g/mol. The molecule has 0 bridgehead atoms. The van der Waals surface area contributed by atoms with Crippen molar-refractivity contribution in [2.75, 3.05) is 7.11 Å². The lowest BCUT2D eigenvalue weighted by atomic mass is 10.0. The summed E-state index contributed by atoms with van der Waals surface area (Å²) in [5, 5.41) is 6.42. The second-order valence-electron chi connectivity index (χ2n) is 5.82. The van der Waals surface area contributed by atoms with Gasteiger partial charge in [0.2, 0.25) is 5.76 Å². The molecule has 0 aliphatic heterocycles. The molecule has 20 heavy (non-hydrogen) atoms. The van der Waals surface area contributed by atoms with E-state index in [9.17, 15) is 9.59 Å². The van der Waals surface area contributed by atoms with Crippen LogP contribution in [0.1, 0.15) is 50.9 Å². The maximum Gasteiger partial charge on any atom is 0.408 e. The lowest BCUT2D eigenvalue weighted by molar-refractivity contribution is 0.0464. The number of methoxy groups -OCH3 is 1. The van der Waals surface area contributed by atoms with Gasteiger partial charge >= 0.3 is 12.1 Å². The molecule has 0 radical (unpaired) electrons. The van der Waals surface area contributed by atoms with Gasteiger partial charge in [-0.15, -0.1) is 0 Å². The van der Waals surface area contributed by atoms with Gasteiger partial charge in [0.25, 0.3) is 0 Å². The summed E-state index contributed by atoms with van der Waals surface area (Å²) in [4.78, 5) is 23.1. The first kappa shape index (κ1) is 16.0. The number of hydrogen-bond donors (Lipinski definition) is 1. The van der Waals surface area contributed by atoms with Crippen LogP contribution >= 0.6 is 0 Å².